The van der Waals surface area contributed by atoms with E-state index in [0.29, 0.717) is 6.42 Å². The van der Waals surface area contributed by atoms with Crippen LogP contribution in [-0.4, -0.2) is 23.4 Å². The Morgan fingerprint density at radius 2 is 2.00 bits per heavy atom. The number of nitrogens with zero attached hydrogens (tertiary/aromatic N) is 3. The predicted octanol–water partition coefficient (Wildman–Crippen LogP) is 2.40. The van der Waals surface area contributed by atoms with Crippen molar-refractivity contribution >= 4 is 26.0 Å². The number of halogens is 1. The van der Waals surface area contributed by atoms with Gasteiger partial charge in [-0.15, -0.1) is 5.10 Å². The normalized spacial score (nSPS) is 13.3. The van der Waals surface area contributed by atoms with E-state index >= 15 is 0 Å². The van der Waals surface area contributed by atoms with Crippen LogP contribution in [0.4, 0.5) is 0 Å². The lowest BCUT2D eigenvalue weighted by Crippen LogP contribution is -2.30. The molecule has 8 heteroatoms. The van der Waals surface area contributed by atoms with Gasteiger partial charge in [0.25, 0.3) is 10.0 Å². The maximum Gasteiger partial charge on any atom is 0.261 e. The van der Waals surface area contributed by atoms with Crippen LogP contribution < -0.4 is 4.72 Å². The molecule has 2 rings (SSSR count). The molecule has 114 valence electrons. The molecule has 0 bridgehead atoms. The minimum atomic E-state index is -3.71. The van der Waals surface area contributed by atoms with Gasteiger partial charge in [0.2, 0.25) is 5.03 Å². The highest BCUT2D eigenvalue weighted by atomic mass is 79.9. The number of nitrogens with one attached hydrogen (secondary N) is 1. The van der Waals surface area contributed by atoms with Crippen molar-refractivity contribution in [3.8, 4) is 0 Å². The molecule has 0 spiro atoms. The van der Waals surface area contributed by atoms with Gasteiger partial charge in [-0.1, -0.05) is 48.9 Å². The highest BCUT2D eigenvalue weighted by Gasteiger charge is 2.27. The van der Waals surface area contributed by atoms with Crippen LogP contribution in [0.3, 0.4) is 0 Å². The summed E-state index contributed by atoms with van der Waals surface area (Å²) in [7, 11) is -2.16. The number of rotatable bonds is 6. The highest BCUT2D eigenvalue weighted by Crippen LogP contribution is 2.24. The molecule has 2 aromatic rings. The number of hydrogen-bond donors (Lipinski definition) is 1. The van der Waals surface area contributed by atoms with Crippen LogP contribution in [0.2, 0.25) is 0 Å². The second kappa shape index (κ2) is 6.67. The second-order valence-electron chi connectivity index (χ2n) is 4.68. The third kappa shape index (κ3) is 3.69. The number of hydrogen-bond acceptors (Lipinski definition) is 4. The molecule has 0 aliphatic rings. The summed E-state index contributed by atoms with van der Waals surface area (Å²) in [5.41, 5.74) is 0.939. The molecular weight excluding hydrogens is 356 g/mol. The van der Waals surface area contributed by atoms with Gasteiger partial charge in [-0.25, -0.2) is 17.8 Å². The summed E-state index contributed by atoms with van der Waals surface area (Å²) in [5, 5.41) is 7.46. The van der Waals surface area contributed by atoms with Crippen LogP contribution in [0.5, 0.6) is 0 Å². The average molecular weight is 373 g/mol. The van der Waals surface area contributed by atoms with Gasteiger partial charge >= 0.3 is 0 Å². The van der Waals surface area contributed by atoms with Crippen molar-refractivity contribution in [2.24, 2.45) is 7.05 Å². The van der Waals surface area contributed by atoms with Gasteiger partial charge in [0.05, 0.1) is 0 Å². The van der Waals surface area contributed by atoms with Crippen LogP contribution in [0.1, 0.15) is 31.4 Å². The zero-order valence-electron chi connectivity index (χ0n) is 11.8. The average Bonchev–Trinajstić information content (AvgIpc) is 2.79. The quantitative estimate of drug-likeness (QED) is 0.844. The lowest BCUT2D eigenvalue weighted by molar-refractivity contribution is 0.523. The van der Waals surface area contributed by atoms with E-state index in [0.717, 1.165) is 12.0 Å². The van der Waals surface area contributed by atoms with E-state index in [1.54, 1.807) is 7.05 Å². The molecule has 0 amide bonds. The molecule has 0 aliphatic heterocycles. The summed E-state index contributed by atoms with van der Waals surface area (Å²) in [6.45, 7) is 2.02. The molecule has 0 saturated heterocycles. The minimum absolute atomic E-state index is 0.0273. The van der Waals surface area contributed by atoms with Crippen molar-refractivity contribution in [1.29, 1.82) is 0 Å². The molecule has 0 fully saturated rings. The van der Waals surface area contributed by atoms with Crippen LogP contribution in [0, 0.1) is 0 Å². The Labute approximate surface area is 132 Å². The number of aromatic nitrogens is 3. The Balaban J connectivity index is 2.33. The number of benzene rings is 1. The monoisotopic (exact) mass is 372 g/mol. The predicted molar refractivity (Wildman–Crippen MR) is 83.1 cm³/mol. The molecule has 1 aromatic heterocycles. The number of aryl methyl sites for hydroxylation is 1. The van der Waals surface area contributed by atoms with Gasteiger partial charge in [-0.05, 0) is 27.9 Å². The summed E-state index contributed by atoms with van der Waals surface area (Å²) in [4.78, 5) is 0. The van der Waals surface area contributed by atoms with Gasteiger partial charge < -0.3 is 0 Å². The summed E-state index contributed by atoms with van der Waals surface area (Å²) < 4.78 is 29.3. The van der Waals surface area contributed by atoms with Crippen molar-refractivity contribution in [1.82, 2.24) is 19.7 Å². The Hall–Kier alpha value is -1.25. The topological polar surface area (TPSA) is 76.9 Å². The van der Waals surface area contributed by atoms with Crippen molar-refractivity contribution in [3.05, 3.63) is 40.5 Å². The Kier molecular flexibility index (Phi) is 5.13. The second-order valence-corrected chi connectivity index (χ2v) is 7.06. The third-order valence-electron chi connectivity index (χ3n) is 3.07. The third-order valence-corrected chi connectivity index (χ3v) is 5.43. The lowest BCUT2D eigenvalue weighted by atomic mass is 10.0. The molecule has 0 aliphatic carbocycles. The van der Waals surface area contributed by atoms with Crippen molar-refractivity contribution < 1.29 is 8.42 Å². The molecule has 1 heterocycles. The van der Waals surface area contributed by atoms with Gasteiger partial charge in [0.15, 0.2) is 4.60 Å². The molecule has 1 N–H and O–H groups in total. The first-order chi connectivity index (χ1) is 9.95. The van der Waals surface area contributed by atoms with Crippen LogP contribution in [0.15, 0.2) is 40.0 Å². The summed E-state index contributed by atoms with van der Waals surface area (Å²) in [6, 6.07) is 9.26. The van der Waals surface area contributed by atoms with E-state index in [4.69, 9.17) is 0 Å². The fraction of sp³-hybridized carbons (Fsp3) is 0.385. The number of sulfonamides is 1. The first-order valence-electron chi connectivity index (χ1n) is 6.58. The van der Waals surface area contributed by atoms with Gasteiger partial charge in [-0.2, -0.15) is 0 Å². The summed E-state index contributed by atoms with van der Waals surface area (Å²) in [6.07, 6.45) is 1.58. The van der Waals surface area contributed by atoms with Crippen molar-refractivity contribution in [2.75, 3.05) is 0 Å². The van der Waals surface area contributed by atoms with Crippen molar-refractivity contribution in [2.45, 2.75) is 30.8 Å². The van der Waals surface area contributed by atoms with E-state index in [2.05, 4.69) is 31.0 Å². The van der Waals surface area contributed by atoms with E-state index in [1.165, 1.54) is 4.68 Å². The minimum Gasteiger partial charge on any atom is -0.235 e. The molecule has 1 atom stereocenters. The molecule has 1 unspecified atom stereocenters. The van der Waals surface area contributed by atoms with E-state index < -0.39 is 10.0 Å². The smallest absolute Gasteiger partial charge is 0.235 e. The van der Waals surface area contributed by atoms with E-state index in [9.17, 15) is 8.42 Å². The largest absolute Gasteiger partial charge is 0.261 e. The van der Waals surface area contributed by atoms with Crippen LogP contribution in [0.25, 0.3) is 0 Å². The molecule has 6 nitrogen and oxygen atoms in total. The van der Waals surface area contributed by atoms with Crippen LogP contribution in [-0.2, 0) is 17.1 Å². The fourth-order valence-electron chi connectivity index (χ4n) is 2.12. The van der Waals surface area contributed by atoms with Gasteiger partial charge in [0, 0.05) is 13.1 Å². The molecule has 0 saturated carbocycles. The molecular formula is C13H17BrN4O2S. The standard InChI is InChI=1S/C13H17BrN4O2S/c1-3-7-11(10-8-5-4-6-9-10)16-21(19,20)13-12(14)15-17-18(13)2/h4-6,8-9,11,16H,3,7H2,1-2H3. The Bertz CT molecular complexity index is 681. The van der Waals surface area contributed by atoms with Crippen molar-refractivity contribution in [3.63, 3.8) is 0 Å². The Morgan fingerprint density at radius 3 is 2.52 bits per heavy atom. The fourth-order valence-corrected chi connectivity index (χ4v) is 4.47. The van der Waals surface area contributed by atoms with Gasteiger partial charge in [0.1, 0.15) is 0 Å². The zero-order chi connectivity index (χ0) is 15.5. The van der Waals surface area contributed by atoms with E-state index in [1.807, 2.05) is 37.3 Å². The first-order valence-corrected chi connectivity index (χ1v) is 8.85. The first kappa shape index (κ1) is 16.1. The Morgan fingerprint density at radius 1 is 1.33 bits per heavy atom. The highest BCUT2D eigenvalue weighted by molar-refractivity contribution is 9.10. The molecule has 1 aromatic carbocycles. The van der Waals surface area contributed by atoms with Gasteiger partial charge in [-0.3, -0.25) is 0 Å². The van der Waals surface area contributed by atoms with Crippen LogP contribution >= 0.6 is 15.9 Å². The molecule has 0 radical (unpaired) electrons. The van der Waals surface area contributed by atoms with E-state index in [-0.39, 0.29) is 15.7 Å². The SMILES string of the molecule is CCCC(NS(=O)(=O)c1c(Br)nnn1C)c1ccccc1. The summed E-state index contributed by atoms with van der Waals surface area (Å²) >= 11 is 3.12. The summed E-state index contributed by atoms with van der Waals surface area (Å²) in [5.74, 6) is 0. The zero-order valence-corrected chi connectivity index (χ0v) is 14.2. The maximum absolute atomic E-state index is 12.6. The maximum atomic E-state index is 12.6. The molecule has 21 heavy (non-hydrogen) atoms. The lowest BCUT2D eigenvalue weighted by Gasteiger charge is -2.18.